The number of carbonyl (C=O) groups excluding carboxylic acids is 1. The van der Waals surface area contributed by atoms with Crippen LogP contribution < -0.4 is 5.32 Å². The number of thiol groups is 1. The Labute approximate surface area is 61.4 Å². The monoisotopic (exact) mass is 147 g/mol. The van der Waals surface area contributed by atoms with Gasteiger partial charge < -0.3 is 5.32 Å². The summed E-state index contributed by atoms with van der Waals surface area (Å²) in [6, 6.07) is 0. The second kappa shape index (κ2) is 4.68. The SMILES string of the molecule is CCCNC(=O)C(C)S. The largest absolute Gasteiger partial charge is 0.355 e. The predicted molar refractivity (Wildman–Crippen MR) is 41.7 cm³/mol. The third-order valence-electron chi connectivity index (χ3n) is 0.929. The molecule has 0 aromatic rings. The zero-order chi connectivity index (χ0) is 7.28. The van der Waals surface area contributed by atoms with E-state index in [0.29, 0.717) is 0 Å². The molecule has 2 nitrogen and oxygen atoms in total. The van der Waals surface area contributed by atoms with Crippen molar-refractivity contribution in [1.29, 1.82) is 0 Å². The van der Waals surface area contributed by atoms with Gasteiger partial charge in [0.15, 0.2) is 0 Å². The summed E-state index contributed by atoms with van der Waals surface area (Å²) in [4.78, 5) is 10.7. The Morgan fingerprint density at radius 2 is 2.33 bits per heavy atom. The van der Waals surface area contributed by atoms with Crippen molar-refractivity contribution in [2.24, 2.45) is 0 Å². The van der Waals surface area contributed by atoms with Gasteiger partial charge >= 0.3 is 0 Å². The van der Waals surface area contributed by atoms with Crippen LogP contribution >= 0.6 is 12.6 Å². The van der Waals surface area contributed by atoms with Crippen LogP contribution in [0, 0.1) is 0 Å². The molecule has 1 atom stereocenters. The van der Waals surface area contributed by atoms with Crippen LogP contribution in [0.2, 0.25) is 0 Å². The lowest BCUT2D eigenvalue weighted by Crippen LogP contribution is -2.30. The number of hydrogen-bond donors (Lipinski definition) is 2. The summed E-state index contributed by atoms with van der Waals surface area (Å²) in [7, 11) is 0. The van der Waals surface area contributed by atoms with Crippen LogP contribution in [0.3, 0.4) is 0 Å². The summed E-state index contributed by atoms with van der Waals surface area (Å²) in [5, 5.41) is 2.53. The van der Waals surface area contributed by atoms with Gasteiger partial charge in [0.2, 0.25) is 5.91 Å². The first-order valence-electron chi connectivity index (χ1n) is 3.14. The maximum Gasteiger partial charge on any atom is 0.232 e. The van der Waals surface area contributed by atoms with Gasteiger partial charge in [-0.2, -0.15) is 12.6 Å². The molecule has 9 heavy (non-hydrogen) atoms. The van der Waals surface area contributed by atoms with E-state index in [9.17, 15) is 4.79 Å². The molecule has 1 unspecified atom stereocenters. The highest BCUT2D eigenvalue weighted by atomic mass is 32.1. The maximum atomic E-state index is 10.7. The summed E-state index contributed by atoms with van der Waals surface area (Å²) in [6.07, 6.45) is 0.978. The fourth-order valence-electron chi connectivity index (χ4n) is 0.396. The third-order valence-corrected chi connectivity index (χ3v) is 1.16. The van der Waals surface area contributed by atoms with Gasteiger partial charge in [0, 0.05) is 6.54 Å². The molecule has 0 fully saturated rings. The van der Waals surface area contributed by atoms with Crippen molar-refractivity contribution < 1.29 is 4.79 Å². The molecule has 0 aliphatic carbocycles. The highest BCUT2D eigenvalue weighted by Crippen LogP contribution is 1.90. The Morgan fingerprint density at radius 1 is 1.78 bits per heavy atom. The van der Waals surface area contributed by atoms with E-state index in [0.717, 1.165) is 13.0 Å². The molecule has 0 spiro atoms. The van der Waals surface area contributed by atoms with Crippen molar-refractivity contribution in [3.8, 4) is 0 Å². The lowest BCUT2D eigenvalue weighted by molar-refractivity contribution is -0.120. The lowest BCUT2D eigenvalue weighted by atomic mass is 10.4. The van der Waals surface area contributed by atoms with Crippen LogP contribution in [0.15, 0.2) is 0 Å². The molecule has 0 aromatic heterocycles. The van der Waals surface area contributed by atoms with E-state index in [1.807, 2.05) is 6.92 Å². The second-order valence-electron chi connectivity index (χ2n) is 1.97. The molecule has 0 aliphatic rings. The second-order valence-corrected chi connectivity index (χ2v) is 2.74. The molecule has 0 rings (SSSR count). The van der Waals surface area contributed by atoms with E-state index in [2.05, 4.69) is 17.9 Å². The molecule has 0 saturated heterocycles. The molecule has 0 saturated carbocycles. The number of carbonyl (C=O) groups is 1. The zero-order valence-electron chi connectivity index (χ0n) is 5.85. The summed E-state index contributed by atoms with van der Waals surface area (Å²) in [5.41, 5.74) is 0. The molecule has 1 N–H and O–H groups in total. The van der Waals surface area contributed by atoms with Gasteiger partial charge in [-0.15, -0.1) is 0 Å². The minimum atomic E-state index is -0.184. The molecule has 3 heteroatoms. The molecule has 0 bridgehead atoms. The van der Waals surface area contributed by atoms with Gasteiger partial charge in [0.05, 0.1) is 5.25 Å². The minimum absolute atomic E-state index is 0.0141. The van der Waals surface area contributed by atoms with Gasteiger partial charge in [0.25, 0.3) is 0 Å². The van der Waals surface area contributed by atoms with E-state index in [4.69, 9.17) is 0 Å². The third kappa shape index (κ3) is 4.33. The Kier molecular flexibility index (Phi) is 4.58. The quantitative estimate of drug-likeness (QED) is 0.569. The van der Waals surface area contributed by atoms with Crippen molar-refractivity contribution in [2.45, 2.75) is 25.5 Å². The summed E-state index contributed by atoms with van der Waals surface area (Å²) in [5.74, 6) is 0.0141. The van der Waals surface area contributed by atoms with Crippen molar-refractivity contribution in [3.05, 3.63) is 0 Å². The van der Waals surface area contributed by atoms with Gasteiger partial charge in [0.1, 0.15) is 0 Å². The summed E-state index contributed by atoms with van der Waals surface area (Å²) < 4.78 is 0. The van der Waals surface area contributed by atoms with Crippen LogP contribution in [0.1, 0.15) is 20.3 Å². The average molecular weight is 147 g/mol. The Bertz CT molecular complexity index is 93.1. The van der Waals surface area contributed by atoms with E-state index in [1.165, 1.54) is 0 Å². The number of amides is 1. The first-order chi connectivity index (χ1) is 4.18. The normalized spacial score (nSPS) is 12.8. The molecule has 1 amide bonds. The highest BCUT2D eigenvalue weighted by Gasteiger charge is 2.04. The van der Waals surface area contributed by atoms with Crippen LogP contribution in [0.4, 0.5) is 0 Å². The smallest absolute Gasteiger partial charge is 0.232 e. The molecule has 0 radical (unpaired) electrons. The van der Waals surface area contributed by atoms with Crippen molar-refractivity contribution >= 4 is 18.5 Å². The highest BCUT2D eigenvalue weighted by molar-refractivity contribution is 7.81. The topological polar surface area (TPSA) is 29.1 Å². The van der Waals surface area contributed by atoms with Gasteiger partial charge in [-0.3, -0.25) is 4.79 Å². The van der Waals surface area contributed by atoms with E-state index >= 15 is 0 Å². The molecule has 54 valence electrons. The predicted octanol–water partition coefficient (Wildman–Crippen LogP) is 0.831. The standard InChI is InChI=1S/C6H13NOS/c1-3-4-7-6(8)5(2)9/h5,9H,3-4H2,1-2H3,(H,7,8). The van der Waals surface area contributed by atoms with Gasteiger partial charge in [-0.1, -0.05) is 6.92 Å². The average Bonchev–Trinajstić information content (AvgIpc) is 1.82. The fourth-order valence-corrected chi connectivity index (χ4v) is 0.487. The summed E-state index contributed by atoms with van der Waals surface area (Å²) in [6.45, 7) is 4.53. The lowest BCUT2D eigenvalue weighted by Gasteiger charge is -2.03. The van der Waals surface area contributed by atoms with E-state index < -0.39 is 0 Å². The number of rotatable bonds is 3. The molecule has 0 aliphatic heterocycles. The first kappa shape index (κ1) is 8.82. The van der Waals surface area contributed by atoms with Gasteiger partial charge in [-0.25, -0.2) is 0 Å². The molecular weight excluding hydrogens is 134 g/mol. The zero-order valence-corrected chi connectivity index (χ0v) is 6.74. The minimum Gasteiger partial charge on any atom is -0.355 e. The van der Waals surface area contributed by atoms with E-state index in [1.54, 1.807) is 6.92 Å². The van der Waals surface area contributed by atoms with Crippen LogP contribution in [-0.4, -0.2) is 17.7 Å². The molecule has 0 aromatic carbocycles. The van der Waals surface area contributed by atoms with Crippen LogP contribution in [0.5, 0.6) is 0 Å². The van der Waals surface area contributed by atoms with Crippen molar-refractivity contribution in [3.63, 3.8) is 0 Å². The van der Waals surface area contributed by atoms with Gasteiger partial charge in [-0.05, 0) is 13.3 Å². The van der Waals surface area contributed by atoms with Crippen molar-refractivity contribution in [2.75, 3.05) is 6.54 Å². The number of hydrogen-bond acceptors (Lipinski definition) is 2. The number of nitrogens with one attached hydrogen (secondary N) is 1. The summed E-state index contributed by atoms with van der Waals surface area (Å²) >= 11 is 3.95. The Hall–Kier alpha value is -0.180. The maximum absolute atomic E-state index is 10.7. The van der Waals surface area contributed by atoms with E-state index in [-0.39, 0.29) is 11.2 Å². The fraction of sp³-hybridized carbons (Fsp3) is 0.833. The Balaban J connectivity index is 3.28. The van der Waals surface area contributed by atoms with Crippen LogP contribution in [0.25, 0.3) is 0 Å². The van der Waals surface area contributed by atoms with Crippen molar-refractivity contribution in [1.82, 2.24) is 5.32 Å². The molecule has 0 heterocycles. The Morgan fingerprint density at radius 3 is 2.67 bits per heavy atom. The molecular formula is C6H13NOS. The van der Waals surface area contributed by atoms with Crippen LogP contribution in [-0.2, 0) is 4.79 Å². The first-order valence-corrected chi connectivity index (χ1v) is 3.66.